The molecule has 2 aliphatic rings. The van der Waals surface area contributed by atoms with E-state index in [1.807, 2.05) is 0 Å². The Balaban J connectivity index is 1.66. The molecule has 2 heterocycles. The van der Waals surface area contributed by atoms with Gasteiger partial charge >= 0.3 is 5.97 Å². The van der Waals surface area contributed by atoms with Gasteiger partial charge in [-0.25, -0.2) is 4.79 Å². The Kier molecular flexibility index (Phi) is 4.78. The molecule has 0 aromatic carbocycles. The summed E-state index contributed by atoms with van der Waals surface area (Å²) in [5.74, 6) is -0.0348. The molecule has 18 heavy (non-hydrogen) atoms. The molecule has 0 aliphatic carbocycles. The lowest BCUT2D eigenvalue weighted by molar-refractivity contribution is -0.131. The van der Waals surface area contributed by atoms with Gasteiger partial charge in [0.25, 0.3) is 0 Å². The van der Waals surface area contributed by atoms with Crippen molar-refractivity contribution in [1.82, 2.24) is 0 Å². The van der Waals surface area contributed by atoms with Gasteiger partial charge in [-0.05, 0) is 38.0 Å². The highest BCUT2D eigenvalue weighted by Gasteiger charge is 2.47. The number of hydrogen-bond acceptors (Lipinski definition) is 3. The molecule has 0 saturated carbocycles. The number of aliphatic hydroxyl groups is 1. The van der Waals surface area contributed by atoms with E-state index in [1.54, 1.807) is 6.08 Å². The largest absolute Gasteiger partial charge is 0.478 e. The van der Waals surface area contributed by atoms with Gasteiger partial charge in [0.2, 0.25) is 0 Å². The van der Waals surface area contributed by atoms with E-state index >= 15 is 0 Å². The molecule has 2 N–H and O–H groups in total. The Morgan fingerprint density at radius 2 is 1.94 bits per heavy atom. The molecule has 0 aromatic heterocycles. The van der Waals surface area contributed by atoms with Gasteiger partial charge in [-0.15, -0.1) is 0 Å². The van der Waals surface area contributed by atoms with Crippen LogP contribution in [0.4, 0.5) is 0 Å². The second-order valence-corrected chi connectivity index (χ2v) is 5.33. The number of rotatable bonds is 7. The zero-order valence-electron chi connectivity index (χ0n) is 10.6. The molecule has 4 nitrogen and oxygen atoms in total. The summed E-state index contributed by atoms with van der Waals surface area (Å²) >= 11 is 0. The van der Waals surface area contributed by atoms with Crippen LogP contribution in [0.25, 0.3) is 0 Å². The Labute approximate surface area is 108 Å². The smallest absolute Gasteiger partial charge is 0.327 e. The molecule has 4 heteroatoms. The number of allylic oxidation sites excluding steroid dienone is 1. The lowest BCUT2D eigenvalue weighted by atomic mass is 9.77. The average Bonchev–Trinajstić information content (AvgIpc) is 2.93. The summed E-state index contributed by atoms with van der Waals surface area (Å²) in [6.07, 6.45) is 9.82. The highest BCUT2D eigenvalue weighted by Crippen LogP contribution is 2.45. The molecule has 0 radical (unpaired) electrons. The summed E-state index contributed by atoms with van der Waals surface area (Å²) < 4.78 is 5.85. The summed E-state index contributed by atoms with van der Waals surface area (Å²) in [7, 11) is 0. The molecule has 0 amide bonds. The minimum atomic E-state index is -0.878. The van der Waals surface area contributed by atoms with Crippen molar-refractivity contribution in [3.8, 4) is 0 Å². The van der Waals surface area contributed by atoms with E-state index in [0.717, 1.165) is 38.5 Å². The Hall–Kier alpha value is -0.870. The van der Waals surface area contributed by atoms with Crippen LogP contribution in [0.15, 0.2) is 12.2 Å². The van der Waals surface area contributed by atoms with E-state index in [2.05, 4.69) is 0 Å². The molecule has 0 spiro atoms. The maximum absolute atomic E-state index is 10.3. The lowest BCUT2D eigenvalue weighted by Gasteiger charge is -2.26. The van der Waals surface area contributed by atoms with Crippen LogP contribution in [-0.2, 0) is 9.53 Å². The highest BCUT2D eigenvalue weighted by molar-refractivity contribution is 5.79. The van der Waals surface area contributed by atoms with Gasteiger partial charge in [0.15, 0.2) is 0 Å². The monoisotopic (exact) mass is 254 g/mol. The summed E-state index contributed by atoms with van der Waals surface area (Å²) in [6.45, 7) is 0.241. The van der Waals surface area contributed by atoms with Crippen molar-refractivity contribution in [2.24, 2.45) is 11.8 Å². The fourth-order valence-corrected chi connectivity index (χ4v) is 3.35. The minimum absolute atomic E-state index is 0.241. The van der Waals surface area contributed by atoms with Crippen LogP contribution in [0.2, 0.25) is 0 Å². The zero-order chi connectivity index (χ0) is 13.0. The fourth-order valence-electron chi connectivity index (χ4n) is 3.35. The van der Waals surface area contributed by atoms with E-state index in [1.165, 1.54) is 6.08 Å². The minimum Gasteiger partial charge on any atom is -0.478 e. The second-order valence-electron chi connectivity index (χ2n) is 5.33. The number of unbranched alkanes of at least 4 members (excludes halogenated alkanes) is 2. The van der Waals surface area contributed by atoms with Gasteiger partial charge in [-0.3, -0.25) is 0 Å². The van der Waals surface area contributed by atoms with Crippen LogP contribution in [-0.4, -0.2) is 35.0 Å². The quantitative estimate of drug-likeness (QED) is 0.538. The standard InChI is InChI=1S/C14H22O4/c15-9-11-10(12-7-8-13(11)18-12)5-3-1-2-4-6-14(16)17/h4,6,10-13,15H,1-3,5,7-9H2,(H,16,17)/t10-,11+,12+,13-/m1/s1. The number of carbonyl (C=O) groups is 1. The molecule has 0 aromatic rings. The first-order chi connectivity index (χ1) is 8.72. The molecule has 2 fully saturated rings. The average molecular weight is 254 g/mol. The first-order valence-electron chi connectivity index (χ1n) is 6.88. The van der Waals surface area contributed by atoms with Crippen LogP contribution < -0.4 is 0 Å². The topological polar surface area (TPSA) is 66.8 Å². The van der Waals surface area contributed by atoms with Crippen LogP contribution >= 0.6 is 0 Å². The van der Waals surface area contributed by atoms with Crippen molar-refractivity contribution in [3.05, 3.63) is 12.2 Å². The van der Waals surface area contributed by atoms with Crippen LogP contribution in [0.3, 0.4) is 0 Å². The zero-order valence-corrected chi connectivity index (χ0v) is 10.6. The molecule has 2 aliphatic heterocycles. The van der Waals surface area contributed by atoms with Gasteiger partial charge in [-0.1, -0.05) is 12.5 Å². The van der Waals surface area contributed by atoms with E-state index in [0.29, 0.717) is 17.9 Å². The van der Waals surface area contributed by atoms with E-state index in [-0.39, 0.29) is 12.7 Å². The highest BCUT2D eigenvalue weighted by atomic mass is 16.5. The van der Waals surface area contributed by atoms with Crippen molar-refractivity contribution >= 4 is 5.97 Å². The number of aliphatic hydroxyl groups excluding tert-OH is 1. The third-order valence-corrected chi connectivity index (χ3v) is 4.22. The number of hydrogen-bond donors (Lipinski definition) is 2. The Morgan fingerprint density at radius 1 is 1.22 bits per heavy atom. The molecular weight excluding hydrogens is 232 g/mol. The Bertz CT molecular complexity index is 313. The summed E-state index contributed by atoms with van der Waals surface area (Å²) in [6, 6.07) is 0. The van der Waals surface area contributed by atoms with E-state index in [9.17, 15) is 9.90 Å². The SMILES string of the molecule is O=C(O)C=CCCCC[C@@H]1[C@H](CO)[C@H]2CC[C@@H]1O2. The van der Waals surface area contributed by atoms with Crippen LogP contribution in [0.1, 0.15) is 38.5 Å². The van der Waals surface area contributed by atoms with Crippen molar-refractivity contribution in [2.75, 3.05) is 6.61 Å². The van der Waals surface area contributed by atoms with E-state index < -0.39 is 5.97 Å². The summed E-state index contributed by atoms with van der Waals surface area (Å²) in [4.78, 5) is 10.3. The van der Waals surface area contributed by atoms with Crippen LogP contribution in [0.5, 0.6) is 0 Å². The molecule has 2 bridgehead atoms. The third kappa shape index (κ3) is 3.12. The predicted molar refractivity (Wildman–Crippen MR) is 67.2 cm³/mol. The molecule has 2 rings (SSSR count). The summed E-state index contributed by atoms with van der Waals surface area (Å²) in [5.41, 5.74) is 0. The molecule has 0 unspecified atom stereocenters. The molecule has 2 saturated heterocycles. The number of fused-ring (bicyclic) bond motifs is 2. The lowest BCUT2D eigenvalue weighted by Crippen LogP contribution is -2.29. The number of carboxylic acids is 1. The molecule has 102 valence electrons. The van der Waals surface area contributed by atoms with E-state index in [4.69, 9.17) is 9.84 Å². The number of aliphatic carboxylic acids is 1. The van der Waals surface area contributed by atoms with Crippen molar-refractivity contribution in [1.29, 1.82) is 0 Å². The fraction of sp³-hybridized carbons (Fsp3) is 0.786. The first-order valence-corrected chi connectivity index (χ1v) is 6.88. The van der Waals surface area contributed by atoms with Crippen molar-refractivity contribution in [3.63, 3.8) is 0 Å². The van der Waals surface area contributed by atoms with Crippen LogP contribution in [0, 0.1) is 11.8 Å². The van der Waals surface area contributed by atoms with Crippen molar-refractivity contribution in [2.45, 2.75) is 50.7 Å². The summed E-state index contributed by atoms with van der Waals surface area (Å²) in [5, 5.41) is 17.9. The molecular formula is C14H22O4. The number of ether oxygens (including phenoxy) is 1. The Morgan fingerprint density at radius 3 is 2.61 bits per heavy atom. The third-order valence-electron chi connectivity index (χ3n) is 4.22. The van der Waals surface area contributed by atoms with Gasteiger partial charge in [0, 0.05) is 18.6 Å². The maximum Gasteiger partial charge on any atom is 0.327 e. The normalized spacial score (nSPS) is 34.5. The molecule has 4 atom stereocenters. The second kappa shape index (κ2) is 6.34. The van der Waals surface area contributed by atoms with Crippen molar-refractivity contribution < 1.29 is 19.7 Å². The van der Waals surface area contributed by atoms with Gasteiger partial charge < -0.3 is 14.9 Å². The maximum atomic E-state index is 10.3. The van der Waals surface area contributed by atoms with Gasteiger partial charge in [0.05, 0.1) is 12.2 Å². The number of carboxylic acid groups (broad SMARTS) is 1. The van der Waals surface area contributed by atoms with Gasteiger partial charge in [0.1, 0.15) is 0 Å². The first kappa shape index (κ1) is 13.6. The van der Waals surface area contributed by atoms with Gasteiger partial charge in [-0.2, -0.15) is 0 Å². The predicted octanol–water partition coefficient (Wildman–Crippen LogP) is 1.97.